The summed E-state index contributed by atoms with van der Waals surface area (Å²) in [4.78, 5) is 13.3. The van der Waals surface area contributed by atoms with E-state index in [0.29, 0.717) is 16.5 Å². The first kappa shape index (κ1) is 26.6. The molecule has 4 aromatic rings. The van der Waals surface area contributed by atoms with E-state index < -0.39 is 15.9 Å². The van der Waals surface area contributed by atoms with Crippen LogP contribution < -0.4 is 5.32 Å². The van der Waals surface area contributed by atoms with Crippen molar-refractivity contribution in [2.75, 3.05) is 18.4 Å². The van der Waals surface area contributed by atoms with Gasteiger partial charge in [0.05, 0.1) is 22.8 Å². The van der Waals surface area contributed by atoms with Gasteiger partial charge in [0.1, 0.15) is 5.82 Å². The van der Waals surface area contributed by atoms with Crippen molar-refractivity contribution < 1.29 is 13.2 Å². The number of carbonyl (C=O) groups is 1. The molecule has 0 spiro atoms. The van der Waals surface area contributed by atoms with Crippen LogP contribution in [0.1, 0.15) is 19.4 Å². The van der Waals surface area contributed by atoms with E-state index in [1.807, 2.05) is 75.4 Å². The number of hydrogen-bond acceptors (Lipinski definition) is 4. The van der Waals surface area contributed by atoms with E-state index in [-0.39, 0.29) is 23.9 Å². The van der Waals surface area contributed by atoms with Gasteiger partial charge in [-0.05, 0) is 49.2 Å². The maximum atomic E-state index is 13.4. The molecule has 37 heavy (non-hydrogen) atoms. The second-order valence-corrected chi connectivity index (χ2v) is 11.6. The van der Waals surface area contributed by atoms with Crippen molar-refractivity contribution in [1.82, 2.24) is 14.1 Å². The van der Waals surface area contributed by atoms with E-state index in [0.717, 1.165) is 16.8 Å². The summed E-state index contributed by atoms with van der Waals surface area (Å²) in [7, 11) is -3.91. The van der Waals surface area contributed by atoms with Gasteiger partial charge in [0.25, 0.3) is 0 Å². The largest absolute Gasteiger partial charge is 0.309 e. The number of sulfonamides is 1. The molecule has 0 fully saturated rings. The number of anilines is 1. The van der Waals surface area contributed by atoms with Crippen LogP contribution in [0, 0.1) is 12.8 Å². The fraction of sp³-hybridized carbons (Fsp3) is 0.214. The molecule has 0 bridgehead atoms. The van der Waals surface area contributed by atoms with Crippen molar-refractivity contribution in [1.29, 1.82) is 0 Å². The molecule has 0 aliphatic heterocycles. The molecule has 9 heteroatoms. The van der Waals surface area contributed by atoms with Crippen molar-refractivity contribution in [3.8, 4) is 16.9 Å². The van der Waals surface area contributed by atoms with Gasteiger partial charge in [0.2, 0.25) is 15.9 Å². The minimum Gasteiger partial charge on any atom is -0.309 e. The Balaban J connectivity index is 1.64. The van der Waals surface area contributed by atoms with Crippen molar-refractivity contribution >= 4 is 33.3 Å². The molecule has 7 nitrogen and oxygen atoms in total. The number of benzene rings is 3. The van der Waals surface area contributed by atoms with Crippen molar-refractivity contribution in [2.45, 2.75) is 25.7 Å². The lowest BCUT2D eigenvalue weighted by molar-refractivity contribution is -0.116. The third-order valence-corrected chi connectivity index (χ3v) is 7.74. The van der Waals surface area contributed by atoms with Gasteiger partial charge < -0.3 is 5.32 Å². The molecular weight excluding hydrogens is 508 g/mol. The summed E-state index contributed by atoms with van der Waals surface area (Å²) in [6.07, 6.45) is 0. The van der Waals surface area contributed by atoms with Gasteiger partial charge in [-0.15, -0.1) is 0 Å². The number of nitrogens with zero attached hydrogens (tertiary/aromatic N) is 3. The molecular formula is C28H29ClN4O3S. The van der Waals surface area contributed by atoms with E-state index in [1.165, 1.54) is 28.6 Å². The molecule has 0 unspecified atom stereocenters. The number of carbonyl (C=O) groups excluding carboxylic acids is 1. The molecule has 1 amide bonds. The minimum absolute atomic E-state index is 0.0117. The van der Waals surface area contributed by atoms with Gasteiger partial charge in [-0.3, -0.25) is 4.79 Å². The number of halogens is 1. The highest BCUT2D eigenvalue weighted by Gasteiger charge is 2.28. The molecule has 0 saturated heterocycles. The predicted molar refractivity (Wildman–Crippen MR) is 147 cm³/mol. The summed E-state index contributed by atoms with van der Waals surface area (Å²) in [6, 6.07) is 25.1. The molecule has 0 aliphatic rings. The Morgan fingerprint density at radius 3 is 2.27 bits per heavy atom. The van der Waals surface area contributed by atoms with Crippen LogP contribution in [0.15, 0.2) is 89.8 Å². The standard InChI is InChI=1S/C28H29ClN4O3S/c1-20(2)18-32(37(35,36)25-15-11-23(29)12-16-25)19-28(34)30-27-17-26(22-7-5-4-6-8-22)31-33(27)24-13-9-21(3)10-14-24/h4-17,20H,18-19H2,1-3H3,(H,30,34). The van der Waals surface area contributed by atoms with Crippen LogP contribution in [-0.2, 0) is 14.8 Å². The van der Waals surface area contributed by atoms with Crippen molar-refractivity contribution in [3.63, 3.8) is 0 Å². The summed E-state index contributed by atoms with van der Waals surface area (Å²) in [5.74, 6) is -0.00944. The highest BCUT2D eigenvalue weighted by Crippen LogP contribution is 2.25. The lowest BCUT2D eigenvalue weighted by Crippen LogP contribution is -2.40. The van der Waals surface area contributed by atoms with Crippen LogP contribution in [0.3, 0.4) is 0 Å². The van der Waals surface area contributed by atoms with Crippen LogP contribution in [0.25, 0.3) is 16.9 Å². The molecule has 0 aliphatic carbocycles. The topological polar surface area (TPSA) is 84.3 Å². The first-order chi connectivity index (χ1) is 17.6. The zero-order chi connectivity index (χ0) is 26.6. The molecule has 1 aromatic heterocycles. The number of rotatable bonds is 9. The Bertz CT molecular complexity index is 1470. The third-order valence-electron chi connectivity index (χ3n) is 5.67. The number of amides is 1. The number of aromatic nitrogens is 2. The maximum absolute atomic E-state index is 13.4. The molecule has 4 rings (SSSR count). The number of hydrogen-bond donors (Lipinski definition) is 1. The smallest absolute Gasteiger partial charge is 0.243 e. The van der Waals surface area contributed by atoms with E-state index >= 15 is 0 Å². The van der Waals surface area contributed by atoms with Gasteiger partial charge in [-0.2, -0.15) is 9.40 Å². The summed E-state index contributed by atoms with van der Waals surface area (Å²) in [5, 5.41) is 8.04. The predicted octanol–water partition coefficient (Wildman–Crippen LogP) is 5.79. The van der Waals surface area contributed by atoms with E-state index in [1.54, 1.807) is 10.7 Å². The Morgan fingerprint density at radius 1 is 1.00 bits per heavy atom. The van der Waals surface area contributed by atoms with Crippen molar-refractivity contribution in [2.24, 2.45) is 5.92 Å². The zero-order valence-corrected chi connectivity index (χ0v) is 22.5. The van der Waals surface area contributed by atoms with E-state index in [9.17, 15) is 13.2 Å². The lowest BCUT2D eigenvalue weighted by Gasteiger charge is -2.23. The van der Waals surface area contributed by atoms with Crippen LogP contribution >= 0.6 is 11.6 Å². The Kier molecular flexibility index (Phi) is 8.12. The Hall–Kier alpha value is -3.46. The third kappa shape index (κ3) is 6.46. The second-order valence-electron chi connectivity index (χ2n) is 9.22. The molecule has 0 radical (unpaired) electrons. The minimum atomic E-state index is -3.91. The molecule has 0 saturated carbocycles. The summed E-state index contributed by atoms with van der Waals surface area (Å²) in [5.41, 5.74) is 3.46. The van der Waals surface area contributed by atoms with Crippen molar-refractivity contribution in [3.05, 3.63) is 95.5 Å². The molecule has 192 valence electrons. The Morgan fingerprint density at radius 2 is 1.65 bits per heavy atom. The highest BCUT2D eigenvalue weighted by atomic mass is 35.5. The first-order valence-electron chi connectivity index (χ1n) is 11.9. The normalized spacial score (nSPS) is 11.7. The summed E-state index contributed by atoms with van der Waals surface area (Å²) >= 11 is 5.94. The number of nitrogens with one attached hydrogen (secondary N) is 1. The Labute approximate surface area is 222 Å². The first-order valence-corrected chi connectivity index (χ1v) is 13.7. The molecule has 1 N–H and O–H groups in total. The SMILES string of the molecule is Cc1ccc(-n2nc(-c3ccccc3)cc2NC(=O)CN(CC(C)C)S(=O)(=O)c2ccc(Cl)cc2)cc1. The van der Waals surface area contributed by atoms with Gasteiger partial charge in [-0.25, -0.2) is 13.1 Å². The maximum Gasteiger partial charge on any atom is 0.243 e. The lowest BCUT2D eigenvalue weighted by atomic mass is 10.1. The van der Waals surface area contributed by atoms with Gasteiger partial charge >= 0.3 is 0 Å². The van der Waals surface area contributed by atoms with Crippen LogP contribution in [-0.4, -0.2) is 41.5 Å². The summed E-state index contributed by atoms with van der Waals surface area (Å²) < 4.78 is 29.6. The van der Waals surface area contributed by atoms with Gasteiger partial charge in [0, 0.05) is 23.2 Å². The molecule has 0 atom stereocenters. The fourth-order valence-electron chi connectivity index (χ4n) is 3.86. The van der Waals surface area contributed by atoms with Crippen LogP contribution in [0.5, 0.6) is 0 Å². The average Bonchev–Trinajstić information content (AvgIpc) is 3.28. The average molecular weight is 537 g/mol. The molecule has 1 heterocycles. The zero-order valence-electron chi connectivity index (χ0n) is 20.9. The van der Waals surface area contributed by atoms with E-state index in [4.69, 9.17) is 16.7 Å². The van der Waals surface area contributed by atoms with Crippen LogP contribution in [0.4, 0.5) is 5.82 Å². The van der Waals surface area contributed by atoms with E-state index in [2.05, 4.69) is 5.32 Å². The van der Waals surface area contributed by atoms with Gasteiger partial charge in [-0.1, -0.05) is 73.5 Å². The fourth-order valence-corrected chi connectivity index (χ4v) is 5.54. The summed E-state index contributed by atoms with van der Waals surface area (Å²) in [6.45, 7) is 5.64. The monoisotopic (exact) mass is 536 g/mol. The second kappa shape index (κ2) is 11.3. The van der Waals surface area contributed by atoms with Crippen LogP contribution in [0.2, 0.25) is 5.02 Å². The van der Waals surface area contributed by atoms with Gasteiger partial charge in [0.15, 0.2) is 0 Å². The highest BCUT2D eigenvalue weighted by molar-refractivity contribution is 7.89. The quantitative estimate of drug-likeness (QED) is 0.293. The number of aryl methyl sites for hydroxylation is 1. The molecule has 3 aromatic carbocycles.